The highest BCUT2D eigenvalue weighted by Crippen LogP contribution is 2.28. The first-order valence-corrected chi connectivity index (χ1v) is 4.86. The van der Waals surface area contributed by atoms with E-state index in [0.29, 0.717) is 0 Å². The van der Waals surface area contributed by atoms with Crippen LogP contribution in [0.1, 0.15) is 12.5 Å². The van der Waals surface area contributed by atoms with Gasteiger partial charge in [0.25, 0.3) is 0 Å². The van der Waals surface area contributed by atoms with Gasteiger partial charge in [-0.15, -0.1) is 0 Å². The first kappa shape index (κ1) is 13.3. The van der Waals surface area contributed by atoms with Crippen LogP contribution in [0.25, 0.3) is 0 Å². The maximum atomic E-state index is 12.2. The predicted molar refractivity (Wildman–Crippen MR) is 53.0 cm³/mol. The van der Waals surface area contributed by atoms with E-state index in [0.717, 1.165) is 23.2 Å². The number of allylic oxidation sites excluding steroid dienone is 1. The van der Waals surface area contributed by atoms with E-state index in [4.69, 9.17) is 0 Å². The first-order chi connectivity index (χ1) is 7.93. The number of alkyl halides is 3. The summed E-state index contributed by atoms with van der Waals surface area (Å²) in [7, 11) is 0. The highest BCUT2D eigenvalue weighted by atomic mass is 19.4. The summed E-state index contributed by atoms with van der Waals surface area (Å²) in [6.07, 6.45) is -0.263. The summed E-state index contributed by atoms with van der Waals surface area (Å²) < 4.78 is 42.3. The van der Waals surface area contributed by atoms with E-state index in [-0.39, 0.29) is 13.2 Å². The van der Waals surface area contributed by atoms with Crippen LogP contribution in [0.3, 0.4) is 0 Å². The molecule has 1 aromatic rings. The minimum atomic E-state index is -4.40. The van der Waals surface area contributed by atoms with Crippen molar-refractivity contribution in [3.63, 3.8) is 0 Å². The maximum absolute atomic E-state index is 12.2. The fraction of sp³-hybridized carbons (Fsp3) is 0.400. The van der Waals surface area contributed by atoms with Crippen LogP contribution in [0.5, 0.6) is 0 Å². The van der Waals surface area contributed by atoms with Crippen molar-refractivity contribution in [2.45, 2.75) is 19.6 Å². The van der Waals surface area contributed by atoms with Gasteiger partial charge in [0.15, 0.2) is 0 Å². The molecule has 0 radical (unpaired) electrons. The van der Waals surface area contributed by atoms with Crippen LogP contribution in [-0.2, 0) is 22.3 Å². The van der Waals surface area contributed by atoms with Gasteiger partial charge in [-0.3, -0.25) is 4.68 Å². The van der Waals surface area contributed by atoms with Crippen molar-refractivity contribution in [1.29, 1.82) is 0 Å². The summed E-state index contributed by atoms with van der Waals surface area (Å²) in [5.74, 6) is -0.532. The lowest BCUT2D eigenvalue weighted by atomic mass is 10.3. The molecule has 0 aliphatic rings. The Balaban J connectivity index is 2.53. The number of ether oxygens (including phenoxy) is 1. The van der Waals surface area contributed by atoms with Gasteiger partial charge in [0.1, 0.15) is 0 Å². The second-order valence-electron chi connectivity index (χ2n) is 3.10. The van der Waals surface area contributed by atoms with Crippen molar-refractivity contribution in [3.8, 4) is 0 Å². The van der Waals surface area contributed by atoms with E-state index in [1.807, 2.05) is 0 Å². The molecule has 0 amide bonds. The van der Waals surface area contributed by atoms with Gasteiger partial charge in [-0.1, -0.05) is 6.08 Å². The number of hydrogen-bond donors (Lipinski definition) is 0. The van der Waals surface area contributed by atoms with Gasteiger partial charge < -0.3 is 4.74 Å². The quantitative estimate of drug-likeness (QED) is 0.604. The Morgan fingerprint density at radius 3 is 2.82 bits per heavy atom. The second kappa shape index (κ2) is 5.51. The zero-order chi connectivity index (χ0) is 12.9. The van der Waals surface area contributed by atoms with Gasteiger partial charge in [-0.05, 0) is 6.92 Å². The largest absolute Gasteiger partial charge is 0.463 e. The van der Waals surface area contributed by atoms with Crippen molar-refractivity contribution < 1.29 is 22.7 Å². The van der Waals surface area contributed by atoms with E-state index < -0.39 is 17.7 Å². The van der Waals surface area contributed by atoms with Crippen LogP contribution in [0.15, 0.2) is 24.5 Å². The molecule has 0 unspecified atom stereocenters. The SMILES string of the molecule is CCOC(=O)/C=C/Cn1cc(C(F)(F)F)cn1. The number of carbonyl (C=O) groups excluding carboxylic acids is 1. The van der Waals surface area contributed by atoms with Crippen molar-refractivity contribution in [3.05, 3.63) is 30.1 Å². The molecule has 94 valence electrons. The normalized spacial score (nSPS) is 12.0. The van der Waals surface area contributed by atoms with Gasteiger partial charge in [0, 0.05) is 12.3 Å². The minimum absolute atomic E-state index is 0.0783. The Kier molecular flexibility index (Phi) is 4.30. The topological polar surface area (TPSA) is 44.1 Å². The summed E-state index contributed by atoms with van der Waals surface area (Å²) in [4.78, 5) is 10.9. The fourth-order valence-electron chi connectivity index (χ4n) is 1.06. The number of halogens is 3. The highest BCUT2D eigenvalue weighted by molar-refractivity contribution is 5.81. The third kappa shape index (κ3) is 4.29. The molecule has 1 rings (SSSR count). The molecule has 17 heavy (non-hydrogen) atoms. The third-order valence-electron chi connectivity index (χ3n) is 1.79. The van der Waals surface area contributed by atoms with Gasteiger partial charge in [0.2, 0.25) is 0 Å². The zero-order valence-corrected chi connectivity index (χ0v) is 9.07. The average molecular weight is 248 g/mol. The van der Waals surface area contributed by atoms with Gasteiger partial charge in [0.05, 0.1) is 24.9 Å². The number of rotatable bonds is 4. The Bertz CT molecular complexity index is 410. The Labute approximate surface area is 95.7 Å². The summed E-state index contributed by atoms with van der Waals surface area (Å²) in [6, 6.07) is 0. The number of nitrogens with zero attached hydrogens (tertiary/aromatic N) is 2. The molecule has 7 heteroatoms. The monoisotopic (exact) mass is 248 g/mol. The molecular weight excluding hydrogens is 237 g/mol. The number of aromatic nitrogens is 2. The van der Waals surface area contributed by atoms with Crippen molar-refractivity contribution in [1.82, 2.24) is 9.78 Å². The van der Waals surface area contributed by atoms with Crippen molar-refractivity contribution in [2.75, 3.05) is 6.61 Å². The summed E-state index contributed by atoms with van der Waals surface area (Å²) >= 11 is 0. The van der Waals surface area contributed by atoms with E-state index in [1.165, 1.54) is 6.08 Å². The molecule has 0 saturated heterocycles. The lowest BCUT2D eigenvalue weighted by Gasteiger charge is -2.00. The smallest absolute Gasteiger partial charge is 0.419 e. The molecule has 1 aromatic heterocycles. The van der Waals surface area contributed by atoms with Crippen LogP contribution in [0.2, 0.25) is 0 Å². The molecule has 1 heterocycles. The summed E-state index contributed by atoms with van der Waals surface area (Å²) in [5, 5.41) is 3.52. The molecule has 0 aliphatic heterocycles. The van der Waals surface area contributed by atoms with E-state index in [2.05, 4.69) is 9.84 Å². The standard InChI is InChI=1S/C10H11F3N2O2/c1-2-17-9(16)4-3-5-15-7-8(6-14-15)10(11,12)13/h3-4,6-7H,2,5H2,1H3/b4-3+. The van der Waals surface area contributed by atoms with Crippen LogP contribution >= 0.6 is 0 Å². The van der Waals surface area contributed by atoms with Crippen LogP contribution in [-0.4, -0.2) is 22.4 Å². The molecular formula is C10H11F3N2O2. The van der Waals surface area contributed by atoms with Crippen molar-refractivity contribution in [2.24, 2.45) is 0 Å². The third-order valence-corrected chi connectivity index (χ3v) is 1.79. The molecule has 0 atom stereocenters. The Morgan fingerprint density at radius 2 is 2.29 bits per heavy atom. The molecule has 0 N–H and O–H groups in total. The summed E-state index contributed by atoms with van der Waals surface area (Å²) in [5.41, 5.74) is -0.818. The van der Waals surface area contributed by atoms with Crippen LogP contribution < -0.4 is 0 Å². The van der Waals surface area contributed by atoms with E-state index in [1.54, 1.807) is 6.92 Å². The van der Waals surface area contributed by atoms with Gasteiger partial charge >= 0.3 is 12.1 Å². The lowest BCUT2D eigenvalue weighted by Crippen LogP contribution is -2.03. The maximum Gasteiger partial charge on any atom is 0.419 e. The first-order valence-electron chi connectivity index (χ1n) is 4.86. The number of hydrogen-bond acceptors (Lipinski definition) is 3. The van der Waals surface area contributed by atoms with Crippen molar-refractivity contribution >= 4 is 5.97 Å². The zero-order valence-electron chi connectivity index (χ0n) is 9.07. The Morgan fingerprint density at radius 1 is 1.59 bits per heavy atom. The molecule has 0 bridgehead atoms. The summed E-state index contributed by atoms with van der Waals surface area (Å²) in [6.45, 7) is 1.99. The fourth-order valence-corrected chi connectivity index (χ4v) is 1.06. The van der Waals surface area contributed by atoms with Crippen LogP contribution in [0, 0.1) is 0 Å². The number of esters is 1. The highest BCUT2D eigenvalue weighted by Gasteiger charge is 2.31. The molecule has 0 fully saturated rings. The molecule has 0 aliphatic carbocycles. The number of carbonyl (C=O) groups is 1. The molecule has 0 spiro atoms. The lowest BCUT2D eigenvalue weighted by molar-refractivity contribution is -0.138. The van der Waals surface area contributed by atoms with E-state index >= 15 is 0 Å². The van der Waals surface area contributed by atoms with Gasteiger partial charge in [-0.25, -0.2) is 4.79 Å². The predicted octanol–water partition coefficient (Wildman–Crippen LogP) is 2.02. The molecule has 0 saturated carbocycles. The molecule has 0 aromatic carbocycles. The Hall–Kier alpha value is -1.79. The van der Waals surface area contributed by atoms with Gasteiger partial charge in [-0.2, -0.15) is 18.3 Å². The average Bonchev–Trinajstić information content (AvgIpc) is 2.66. The molecule has 4 nitrogen and oxygen atoms in total. The van der Waals surface area contributed by atoms with E-state index in [9.17, 15) is 18.0 Å². The minimum Gasteiger partial charge on any atom is -0.463 e. The van der Waals surface area contributed by atoms with Crippen LogP contribution in [0.4, 0.5) is 13.2 Å². The second-order valence-corrected chi connectivity index (χ2v) is 3.10.